The SMILES string of the molecule is COc1ccccc1-c1nc(C(=O)N2CCN(C(=O)C(C)C)CC2)cs1. The monoisotopic (exact) mass is 373 g/mol. The van der Waals surface area contributed by atoms with Crippen LogP contribution >= 0.6 is 11.3 Å². The van der Waals surface area contributed by atoms with Crippen LogP contribution in [0.15, 0.2) is 29.6 Å². The fourth-order valence-corrected chi connectivity index (χ4v) is 3.80. The summed E-state index contributed by atoms with van der Waals surface area (Å²) in [5.41, 5.74) is 1.32. The third-order valence-electron chi connectivity index (χ3n) is 4.43. The van der Waals surface area contributed by atoms with Crippen LogP contribution in [0.2, 0.25) is 0 Å². The van der Waals surface area contributed by atoms with Crippen LogP contribution in [0.1, 0.15) is 24.3 Å². The van der Waals surface area contributed by atoms with Gasteiger partial charge in [-0.1, -0.05) is 26.0 Å². The summed E-state index contributed by atoms with van der Waals surface area (Å²) in [5, 5.41) is 2.55. The first-order chi connectivity index (χ1) is 12.5. The number of amides is 2. The number of nitrogens with zero attached hydrogens (tertiary/aromatic N) is 3. The van der Waals surface area contributed by atoms with Crippen LogP contribution in [0.4, 0.5) is 0 Å². The Morgan fingerprint density at radius 1 is 1.12 bits per heavy atom. The van der Waals surface area contributed by atoms with Crippen molar-refractivity contribution in [3.05, 3.63) is 35.3 Å². The highest BCUT2D eigenvalue weighted by atomic mass is 32.1. The number of carbonyl (C=O) groups excluding carboxylic acids is 2. The van der Waals surface area contributed by atoms with Crippen LogP contribution in [0, 0.1) is 5.92 Å². The van der Waals surface area contributed by atoms with Crippen molar-refractivity contribution in [3.63, 3.8) is 0 Å². The molecular formula is C19H23N3O3S. The predicted octanol–water partition coefficient (Wildman–Crippen LogP) is 2.76. The van der Waals surface area contributed by atoms with Gasteiger partial charge in [0.1, 0.15) is 16.5 Å². The molecule has 0 atom stereocenters. The summed E-state index contributed by atoms with van der Waals surface area (Å²) >= 11 is 1.43. The zero-order valence-electron chi connectivity index (χ0n) is 15.3. The molecule has 0 radical (unpaired) electrons. The van der Waals surface area contributed by atoms with Gasteiger partial charge >= 0.3 is 0 Å². The van der Waals surface area contributed by atoms with Crippen molar-refractivity contribution in [1.82, 2.24) is 14.8 Å². The predicted molar refractivity (Wildman–Crippen MR) is 101 cm³/mol. The molecule has 0 spiro atoms. The topological polar surface area (TPSA) is 62.7 Å². The van der Waals surface area contributed by atoms with E-state index in [2.05, 4.69) is 4.98 Å². The van der Waals surface area contributed by atoms with E-state index in [0.29, 0.717) is 31.9 Å². The highest BCUT2D eigenvalue weighted by Crippen LogP contribution is 2.32. The summed E-state index contributed by atoms with van der Waals surface area (Å²) in [6.45, 7) is 6.03. The van der Waals surface area contributed by atoms with Crippen molar-refractivity contribution < 1.29 is 14.3 Å². The third kappa shape index (κ3) is 3.72. The molecule has 0 N–H and O–H groups in total. The van der Waals surface area contributed by atoms with E-state index in [4.69, 9.17) is 4.74 Å². The standard InChI is InChI=1S/C19H23N3O3S/c1-13(2)18(23)21-8-10-22(11-9-21)19(24)15-12-26-17(20-15)14-6-4-5-7-16(14)25-3/h4-7,12-13H,8-11H2,1-3H3. The molecule has 2 heterocycles. The normalized spacial score (nSPS) is 14.6. The van der Waals surface area contributed by atoms with Gasteiger partial charge in [-0.15, -0.1) is 11.3 Å². The van der Waals surface area contributed by atoms with Gasteiger partial charge in [0.15, 0.2) is 0 Å². The number of para-hydroxylation sites is 1. The van der Waals surface area contributed by atoms with Gasteiger partial charge in [-0.05, 0) is 12.1 Å². The van der Waals surface area contributed by atoms with Crippen molar-refractivity contribution in [3.8, 4) is 16.3 Å². The second-order valence-corrected chi connectivity index (χ2v) is 7.37. The molecule has 1 fully saturated rings. The first kappa shape index (κ1) is 18.4. The lowest BCUT2D eigenvalue weighted by molar-refractivity contribution is -0.135. The largest absolute Gasteiger partial charge is 0.496 e. The number of carbonyl (C=O) groups is 2. The molecule has 0 saturated carbocycles. The fourth-order valence-electron chi connectivity index (χ4n) is 2.97. The van der Waals surface area contributed by atoms with Crippen LogP contribution in [0.25, 0.3) is 10.6 Å². The van der Waals surface area contributed by atoms with Crippen LogP contribution in [-0.2, 0) is 4.79 Å². The summed E-state index contributed by atoms with van der Waals surface area (Å²) in [7, 11) is 1.62. The first-order valence-corrected chi connectivity index (χ1v) is 9.56. The highest BCUT2D eigenvalue weighted by Gasteiger charge is 2.27. The van der Waals surface area contributed by atoms with Gasteiger partial charge in [-0.3, -0.25) is 9.59 Å². The molecule has 0 unspecified atom stereocenters. The van der Waals surface area contributed by atoms with Gasteiger partial charge in [0.2, 0.25) is 5.91 Å². The summed E-state index contributed by atoms with van der Waals surface area (Å²) in [6.07, 6.45) is 0. The lowest BCUT2D eigenvalue weighted by atomic mass is 10.1. The molecule has 1 aromatic heterocycles. The van der Waals surface area contributed by atoms with Crippen molar-refractivity contribution in [2.45, 2.75) is 13.8 Å². The van der Waals surface area contributed by atoms with Crippen molar-refractivity contribution in [2.24, 2.45) is 5.92 Å². The minimum atomic E-state index is -0.0842. The average Bonchev–Trinajstić information content (AvgIpc) is 3.16. The Hall–Kier alpha value is -2.41. The van der Waals surface area contributed by atoms with E-state index in [0.717, 1.165) is 16.3 Å². The maximum atomic E-state index is 12.7. The van der Waals surface area contributed by atoms with Crippen LogP contribution < -0.4 is 4.74 Å². The van der Waals surface area contributed by atoms with Crippen LogP contribution in [0.3, 0.4) is 0 Å². The quantitative estimate of drug-likeness (QED) is 0.827. The second-order valence-electron chi connectivity index (χ2n) is 6.51. The van der Waals surface area contributed by atoms with Gasteiger partial charge in [0.25, 0.3) is 5.91 Å². The Morgan fingerprint density at radius 3 is 2.42 bits per heavy atom. The first-order valence-electron chi connectivity index (χ1n) is 8.68. The molecule has 1 aromatic carbocycles. The van der Waals surface area contributed by atoms with Gasteiger partial charge in [0, 0.05) is 37.5 Å². The Labute approximate surface area is 157 Å². The molecule has 3 rings (SSSR count). The maximum Gasteiger partial charge on any atom is 0.273 e. The number of ether oxygens (including phenoxy) is 1. The average molecular weight is 373 g/mol. The van der Waals surface area contributed by atoms with Gasteiger partial charge in [-0.2, -0.15) is 0 Å². The van der Waals surface area contributed by atoms with Crippen molar-refractivity contribution in [2.75, 3.05) is 33.3 Å². The molecule has 138 valence electrons. The van der Waals surface area contributed by atoms with E-state index < -0.39 is 0 Å². The van der Waals surface area contributed by atoms with Gasteiger partial charge in [-0.25, -0.2) is 4.98 Å². The number of methoxy groups -OCH3 is 1. The smallest absolute Gasteiger partial charge is 0.273 e. The number of hydrogen-bond acceptors (Lipinski definition) is 5. The number of benzene rings is 1. The molecule has 7 heteroatoms. The maximum absolute atomic E-state index is 12.7. The summed E-state index contributed by atoms with van der Waals surface area (Å²) in [4.78, 5) is 32.9. The lowest BCUT2D eigenvalue weighted by Crippen LogP contribution is -2.51. The molecule has 6 nitrogen and oxygen atoms in total. The van der Waals surface area contributed by atoms with E-state index >= 15 is 0 Å². The van der Waals surface area contributed by atoms with E-state index in [1.165, 1.54) is 11.3 Å². The molecule has 1 saturated heterocycles. The number of piperazine rings is 1. The summed E-state index contributed by atoms with van der Waals surface area (Å²) in [6, 6.07) is 7.64. The summed E-state index contributed by atoms with van der Waals surface area (Å²) in [5.74, 6) is 0.782. The molecule has 2 amide bonds. The Kier molecular flexibility index (Phi) is 5.56. The molecule has 0 aliphatic carbocycles. The number of thiazole rings is 1. The van der Waals surface area contributed by atoms with Crippen LogP contribution in [0.5, 0.6) is 5.75 Å². The summed E-state index contributed by atoms with van der Waals surface area (Å²) < 4.78 is 5.37. The number of hydrogen-bond donors (Lipinski definition) is 0. The van der Waals surface area contributed by atoms with E-state index in [1.54, 1.807) is 17.4 Å². The molecule has 1 aliphatic heterocycles. The fraction of sp³-hybridized carbons (Fsp3) is 0.421. The van der Waals surface area contributed by atoms with Gasteiger partial charge < -0.3 is 14.5 Å². The zero-order chi connectivity index (χ0) is 18.7. The van der Waals surface area contributed by atoms with E-state index in [9.17, 15) is 9.59 Å². The van der Waals surface area contributed by atoms with E-state index in [-0.39, 0.29) is 17.7 Å². The number of rotatable bonds is 4. The Balaban J connectivity index is 1.69. The molecule has 2 aromatic rings. The lowest BCUT2D eigenvalue weighted by Gasteiger charge is -2.35. The van der Waals surface area contributed by atoms with E-state index in [1.807, 2.05) is 43.0 Å². The zero-order valence-corrected chi connectivity index (χ0v) is 16.1. The molecule has 0 bridgehead atoms. The highest BCUT2D eigenvalue weighted by molar-refractivity contribution is 7.13. The number of aromatic nitrogens is 1. The van der Waals surface area contributed by atoms with Gasteiger partial charge in [0.05, 0.1) is 12.7 Å². The molecule has 1 aliphatic rings. The Bertz CT molecular complexity index is 795. The molecular weight excluding hydrogens is 350 g/mol. The van der Waals surface area contributed by atoms with Crippen molar-refractivity contribution in [1.29, 1.82) is 0 Å². The minimum Gasteiger partial charge on any atom is -0.496 e. The van der Waals surface area contributed by atoms with Crippen LogP contribution in [-0.4, -0.2) is 59.9 Å². The van der Waals surface area contributed by atoms with Crippen molar-refractivity contribution >= 4 is 23.2 Å². The third-order valence-corrected chi connectivity index (χ3v) is 5.31. The Morgan fingerprint density at radius 2 is 1.77 bits per heavy atom. The molecule has 26 heavy (non-hydrogen) atoms. The second kappa shape index (κ2) is 7.86. The minimum absolute atomic E-state index is 0.0146.